The second-order valence-corrected chi connectivity index (χ2v) is 6.87. The number of aryl methyl sites for hydroxylation is 1. The molecular weight excluding hydrogens is 296 g/mol. The first-order chi connectivity index (χ1) is 10.6. The summed E-state index contributed by atoms with van der Waals surface area (Å²) in [5.41, 5.74) is 1.98. The Bertz CT molecular complexity index is 496. The van der Waals surface area contributed by atoms with Gasteiger partial charge >= 0.3 is 0 Å². The summed E-state index contributed by atoms with van der Waals surface area (Å²) in [6, 6.07) is 8.11. The van der Waals surface area contributed by atoms with Crippen molar-refractivity contribution in [3.63, 3.8) is 0 Å². The molecule has 0 radical (unpaired) electrons. The molecule has 1 aliphatic carbocycles. The number of thioether (sulfide) groups is 1. The van der Waals surface area contributed by atoms with Crippen LogP contribution < -0.4 is 10.6 Å². The standard InChI is InChI=1S/C17H24N2O2S/c1-13-6-8-15(9-7-13)19-17(21)12-22-11-10-16(20)18-14-4-2-3-5-14/h6-9,14H,2-5,10-12H2,1H3,(H,18,20)(H,19,21). The van der Waals surface area contributed by atoms with Crippen molar-refractivity contribution in [1.82, 2.24) is 5.32 Å². The van der Waals surface area contributed by atoms with Crippen molar-refractivity contribution in [1.29, 1.82) is 0 Å². The van der Waals surface area contributed by atoms with Crippen molar-refractivity contribution in [3.8, 4) is 0 Å². The second-order valence-electron chi connectivity index (χ2n) is 5.77. The van der Waals surface area contributed by atoms with Gasteiger partial charge in [0.25, 0.3) is 0 Å². The molecule has 4 nitrogen and oxygen atoms in total. The van der Waals surface area contributed by atoms with E-state index in [1.54, 1.807) is 0 Å². The molecule has 0 saturated heterocycles. The van der Waals surface area contributed by atoms with Crippen LogP contribution >= 0.6 is 11.8 Å². The fourth-order valence-electron chi connectivity index (χ4n) is 2.53. The SMILES string of the molecule is Cc1ccc(NC(=O)CSCCC(=O)NC2CCCC2)cc1. The van der Waals surface area contributed by atoms with E-state index in [1.165, 1.54) is 30.2 Å². The molecule has 0 bridgehead atoms. The Labute approximate surface area is 136 Å². The van der Waals surface area contributed by atoms with Crippen LogP contribution in [0.1, 0.15) is 37.7 Å². The van der Waals surface area contributed by atoms with E-state index in [1.807, 2.05) is 31.2 Å². The Morgan fingerprint density at radius 2 is 1.82 bits per heavy atom. The van der Waals surface area contributed by atoms with Gasteiger partial charge in [-0.2, -0.15) is 11.8 Å². The van der Waals surface area contributed by atoms with Gasteiger partial charge in [0, 0.05) is 23.9 Å². The molecule has 120 valence electrons. The number of carbonyl (C=O) groups excluding carboxylic acids is 2. The molecule has 1 saturated carbocycles. The lowest BCUT2D eigenvalue weighted by atomic mass is 10.2. The highest BCUT2D eigenvalue weighted by atomic mass is 32.2. The normalized spacial score (nSPS) is 14.8. The van der Waals surface area contributed by atoms with Crippen LogP contribution in [0.2, 0.25) is 0 Å². The zero-order chi connectivity index (χ0) is 15.8. The summed E-state index contributed by atoms with van der Waals surface area (Å²) in [6.45, 7) is 2.01. The predicted molar refractivity (Wildman–Crippen MR) is 92.1 cm³/mol. The number of anilines is 1. The number of benzene rings is 1. The highest BCUT2D eigenvalue weighted by molar-refractivity contribution is 7.99. The lowest BCUT2D eigenvalue weighted by molar-refractivity contribution is -0.121. The molecule has 0 spiro atoms. The van der Waals surface area contributed by atoms with Gasteiger partial charge in [0.05, 0.1) is 5.75 Å². The van der Waals surface area contributed by atoms with Gasteiger partial charge in [-0.3, -0.25) is 9.59 Å². The average molecular weight is 320 g/mol. The van der Waals surface area contributed by atoms with Crippen LogP contribution in [0.3, 0.4) is 0 Å². The third kappa shape index (κ3) is 6.10. The summed E-state index contributed by atoms with van der Waals surface area (Å²) in [7, 11) is 0. The summed E-state index contributed by atoms with van der Waals surface area (Å²) in [6.07, 6.45) is 5.15. The molecule has 5 heteroatoms. The van der Waals surface area contributed by atoms with Gasteiger partial charge in [0.15, 0.2) is 0 Å². The van der Waals surface area contributed by atoms with Crippen LogP contribution in [0, 0.1) is 6.92 Å². The maximum absolute atomic E-state index is 11.8. The van der Waals surface area contributed by atoms with Crippen LogP contribution in [-0.2, 0) is 9.59 Å². The summed E-state index contributed by atoms with van der Waals surface area (Å²) in [5, 5.41) is 5.91. The first kappa shape index (κ1) is 16.9. The molecule has 22 heavy (non-hydrogen) atoms. The summed E-state index contributed by atoms with van der Waals surface area (Å²) >= 11 is 1.50. The highest BCUT2D eigenvalue weighted by Crippen LogP contribution is 2.17. The number of nitrogens with one attached hydrogen (secondary N) is 2. The maximum Gasteiger partial charge on any atom is 0.234 e. The predicted octanol–water partition coefficient (Wildman–Crippen LogP) is 3.12. The minimum atomic E-state index is -0.0231. The Morgan fingerprint density at radius 1 is 1.14 bits per heavy atom. The van der Waals surface area contributed by atoms with Crippen molar-refractivity contribution in [3.05, 3.63) is 29.8 Å². The first-order valence-corrected chi connectivity index (χ1v) is 9.02. The molecular formula is C17H24N2O2S. The van der Waals surface area contributed by atoms with E-state index in [-0.39, 0.29) is 11.8 Å². The molecule has 0 atom stereocenters. The molecule has 0 heterocycles. The van der Waals surface area contributed by atoms with E-state index in [4.69, 9.17) is 0 Å². The lowest BCUT2D eigenvalue weighted by Gasteiger charge is -2.11. The van der Waals surface area contributed by atoms with Crippen molar-refractivity contribution < 1.29 is 9.59 Å². The van der Waals surface area contributed by atoms with Gasteiger partial charge in [0.2, 0.25) is 11.8 Å². The summed E-state index contributed by atoms with van der Waals surface area (Å²) in [4.78, 5) is 23.5. The molecule has 1 aliphatic rings. The van der Waals surface area contributed by atoms with Gasteiger partial charge in [-0.25, -0.2) is 0 Å². The highest BCUT2D eigenvalue weighted by Gasteiger charge is 2.16. The fraction of sp³-hybridized carbons (Fsp3) is 0.529. The quantitative estimate of drug-likeness (QED) is 0.759. The summed E-state index contributed by atoms with van der Waals surface area (Å²) in [5.74, 6) is 1.15. The molecule has 0 unspecified atom stereocenters. The molecule has 2 amide bonds. The number of hydrogen-bond acceptors (Lipinski definition) is 3. The monoisotopic (exact) mass is 320 g/mol. The van der Waals surface area contributed by atoms with Crippen LogP contribution in [0.25, 0.3) is 0 Å². The van der Waals surface area contributed by atoms with Crippen LogP contribution in [0.5, 0.6) is 0 Å². The Hall–Kier alpha value is -1.49. The van der Waals surface area contributed by atoms with Crippen LogP contribution in [0.15, 0.2) is 24.3 Å². The Morgan fingerprint density at radius 3 is 2.50 bits per heavy atom. The van der Waals surface area contributed by atoms with Gasteiger partial charge in [-0.15, -0.1) is 0 Å². The molecule has 1 fully saturated rings. The van der Waals surface area contributed by atoms with E-state index in [2.05, 4.69) is 10.6 Å². The number of hydrogen-bond donors (Lipinski definition) is 2. The number of rotatable bonds is 7. The van der Waals surface area contributed by atoms with E-state index < -0.39 is 0 Å². The van der Waals surface area contributed by atoms with Crippen molar-refractivity contribution in [2.45, 2.75) is 45.1 Å². The Kier molecular flexibility index (Phi) is 6.77. The largest absolute Gasteiger partial charge is 0.353 e. The molecule has 2 rings (SSSR count). The zero-order valence-corrected chi connectivity index (χ0v) is 13.9. The third-order valence-electron chi connectivity index (χ3n) is 3.76. The molecule has 1 aromatic carbocycles. The van der Waals surface area contributed by atoms with Gasteiger partial charge < -0.3 is 10.6 Å². The Balaban J connectivity index is 1.56. The maximum atomic E-state index is 11.8. The third-order valence-corrected chi connectivity index (χ3v) is 4.72. The van der Waals surface area contributed by atoms with Gasteiger partial charge in [-0.05, 0) is 31.9 Å². The average Bonchev–Trinajstić information content (AvgIpc) is 2.99. The molecule has 2 N–H and O–H groups in total. The minimum absolute atomic E-state index is 0.0231. The van der Waals surface area contributed by atoms with E-state index in [0.717, 1.165) is 18.5 Å². The zero-order valence-electron chi connectivity index (χ0n) is 13.1. The van der Waals surface area contributed by atoms with Crippen molar-refractivity contribution in [2.24, 2.45) is 0 Å². The number of amides is 2. The lowest BCUT2D eigenvalue weighted by Crippen LogP contribution is -2.32. The van der Waals surface area contributed by atoms with Gasteiger partial charge in [-0.1, -0.05) is 30.5 Å². The van der Waals surface area contributed by atoms with Crippen LogP contribution in [-0.4, -0.2) is 29.4 Å². The van der Waals surface area contributed by atoms with Crippen molar-refractivity contribution >= 4 is 29.3 Å². The second kappa shape index (κ2) is 8.83. The molecule has 1 aromatic rings. The number of carbonyl (C=O) groups is 2. The molecule has 0 aromatic heterocycles. The smallest absolute Gasteiger partial charge is 0.234 e. The van der Waals surface area contributed by atoms with E-state index in [9.17, 15) is 9.59 Å². The van der Waals surface area contributed by atoms with E-state index >= 15 is 0 Å². The first-order valence-electron chi connectivity index (χ1n) is 7.87. The topological polar surface area (TPSA) is 58.2 Å². The minimum Gasteiger partial charge on any atom is -0.353 e. The van der Waals surface area contributed by atoms with Crippen molar-refractivity contribution in [2.75, 3.05) is 16.8 Å². The summed E-state index contributed by atoms with van der Waals surface area (Å²) < 4.78 is 0. The van der Waals surface area contributed by atoms with Crippen LogP contribution in [0.4, 0.5) is 5.69 Å². The molecule has 0 aliphatic heterocycles. The van der Waals surface area contributed by atoms with Gasteiger partial charge in [0.1, 0.15) is 0 Å². The fourth-order valence-corrected chi connectivity index (χ4v) is 3.27. The van der Waals surface area contributed by atoms with E-state index in [0.29, 0.717) is 24.0 Å².